The van der Waals surface area contributed by atoms with Crippen LogP contribution in [0.15, 0.2) is 0 Å². The van der Waals surface area contributed by atoms with E-state index in [1.54, 1.807) is 0 Å². The van der Waals surface area contributed by atoms with Crippen LogP contribution in [0, 0.1) is 5.92 Å². The quantitative estimate of drug-likeness (QED) is 0.692. The van der Waals surface area contributed by atoms with Crippen LogP contribution in [0.2, 0.25) is 0 Å². The average Bonchev–Trinajstić information content (AvgIpc) is 1.95. The number of unbranched alkanes of at least 4 members (excludes halogenated alkanes) is 1. The summed E-state index contributed by atoms with van der Waals surface area (Å²) in [5.41, 5.74) is -0.381. The lowest BCUT2D eigenvalue weighted by molar-refractivity contribution is -0.127. The van der Waals surface area contributed by atoms with Crippen molar-refractivity contribution in [3.63, 3.8) is 0 Å². The Labute approximate surface area is 75.6 Å². The summed E-state index contributed by atoms with van der Waals surface area (Å²) in [6.07, 6.45) is 2.50. The van der Waals surface area contributed by atoms with Crippen LogP contribution < -0.4 is 0 Å². The minimum absolute atomic E-state index is 0.381. The van der Waals surface area contributed by atoms with E-state index >= 15 is 0 Å². The highest BCUT2D eigenvalue weighted by atomic mass is 16.3. The number of nitrogens with zero attached hydrogens (tertiary/aromatic N) is 1. The molecule has 0 bridgehead atoms. The summed E-state index contributed by atoms with van der Waals surface area (Å²) < 4.78 is 0. The van der Waals surface area contributed by atoms with Crippen LogP contribution in [0.25, 0.3) is 0 Å². The van der Waals surface area contributed by atoms with E-state index in [9.17, 15) is 5.11 Å². The third-order valence-electron chi connectivity index (χ3n) is 2.90. The van der Waals surface area contributed by atoms with Gasteiger partial charge in [0.2, 0.25) is 0 Å². The summed E-state index contributed by atoms with van der Waals surface area (Å²) in [5.74, 6) is 0.398. The van der Waals surface area contributed by atoms with E-state index in [4.69, 9.17) is 0 Å². The Bertz CT molecular complexity index is 139. The Morgan fingerprint density at radius 1 is 1.42 bits per heavy atom. The maximum absolute atomic E-state index is 9.92. The Balaban J connectivity index is 2.18. The first-order valence-corrected chi connectivity index (χ1v) is 5.03. The number of rotatable bonds is 4. The van der Waals surface area contributed by atoms with Crippen LogP contribution in [-0.2, 0) is 0 Å². The highest BCUT2D eigenvalue weighted by Crippen LogP contribution is 2.28. The first-order valence-electron chi connectivity index (χ1n) is 5.03. The van der Waals surface area contributed by atoms with Gasteiger partial charge in [-0.05, 0) is 18.9 Å². The van der Waals surface area contributed by atoms with Crippen molar-refractivity contribution in [1.82, 2.24) is 4.90 Å². The Kier molecular flexibility index (Phi) is 3.13. The van der Waals surface area contributed by atoms with Crippen molar-refractivity contribution in [3.8, 4) is 0 Å². The minimum Gasteiger partial charge on any atom is -0.387 e. The molecule has 1 rings (SSSR count). The van der Waals surface area contributed by atoms with E-state index in [0.29, 0.717) is 5.92 Å². The fraction of sp³-hybridized carbons (Fsp3) is 1.00. The molecule has 0 radical (unpaired) electrons. The molecule has 72 valence electrons. The van der Waals surface area contributed by atoms with Crippen LogP contribution in [0.5, 0.6) is 0 Å². The van der Waals surface area contributed by atoms with Crippen molar-refractivity contribution in [2.24, 2.45) is 5.92 Å². The zero-order valence-corrected chi connectivity index (χ0v) is 8.51. The van der Waals surface area contributed by atoms with Gasteiger partial charge in [-0.15, -0.1) is 0 Å². The molecule has 2 heteroatoms. The average molecular weight is 171 g/mol. The molecule has 0 aromatic rings. The van der Waals surface area contributed by atoms with Gasteiger partial charge in [-0.1, -0.05) is 27.2 Å². The van der Waals surface area contributed by atoms with Gasteiger partial charge in [0.15, 0.2) is 0 Å². The molecule has 2 nitrogen and oxygen atoms in total. The molecule has 1 saturated heterocycles. The number of β-amino-alcohol motifs (C(OH)–C–C–N with tert-alkyl or cyclic N) is 1. The zero-order chi connectivity index (χ0) is 9.19. The smallest absolute Gasteiger partial charge is 0.0922 e. The molecule has 0 aromatic carbocycles. The highest BCUT2D eigenvalue weighted by Gasteiger charge is 2.42. The van der Waals surface area contributed by atoms with E-state index in [1.807, 2.05) is 0 Å². The molecule has 0 aromatic heterocycles. The second-order valence-electron chi connectivity index (χ2n) is 4.32. The second kappa shape index (κ2) is 3.75. The molecule has 0 saturated carbocycles. The van der Waals surface area contributed by atoms with Gasteiger partial charge >= 0.3 is 0 Å². The first kappa shape index (κ1) is 10.0. The molecule has 1 N–H and O–H groups in total. The predicted molar refractivity (Wildman–Crippen MR) is 51.1 cm³/mol. The summed E-state index contributed by atoms with van der Waals surface area (Å²) in [7, 11) is 0. The molecule has 1 aliphatic heterocycles. The van der Waals surface area contributed by atoms with E-state index in [0.717, 1.165) is 19.6 Å². The van der Waals surface area contributed by atoms with Crippen LogP contribution >= 0.6 is 0 Å². The summed E-state index contributed by atoms with van der Waals surface area (Å²) in [6, 6.07) is 0. The monoisotopic (exact) mass is 171 g/mol. The molecule has 0 amide bonds. The Morgan fingerprint density at radius 3 is 2.42 bits per heavy atom. The fourth-order valence-electron chi connectivity index (χ4n) is 1.63. The third kappa shape index (κ3) is 1.99. The standard InChI is InChI=1S/C10H21NO/c1-4-5-6-11-7-10(12,8-11)9(2)3/h9,12H,4-8H2,1-3H3. The maximum atomic E-state index is 9.92. The summed E-state index contributed by atoms with van der Waals surface area (Å²) in [5, 5.41) is 9.92. The molecule has 12 heavy (non-hydrogen) atoms. The topological polar surface area (TPSA) is 23.5 Å². The molecule has 0 aliphatic carbocycles. The number of hydrogen-bond donors (Lipinski definition) is 1. The van der Waals surface area contributed by atoms with Crippen molar-refractivity contribution < 1.29 is 5.11 Å². The largest absolute Gasteiger partial charge is 0.387 e. The van der Waals surface area contributed by atoms with Gasteiger partial charge < -0.3 is 5.11 Å². The summed E-state index contributed by atoms with van der Waals surface area (Å²) in [4.78, 5) is 2.34. The van der Waals surface area contributed by atoms with Crippen LogP contribution in [-0.4, -0.2) is 35.2 Å². The lowest BCUT2D eigenvalue weighted by Gasteiger charge is -2.49. The van der Waals surface area contributed by atoms with Crippen molar-refractivity contribution in [3.05, 3.63) is 0 Å². The van der Waals surface area contributed by atoms with Crippen LogP contribution in [0.3, 0.4) is 0 Å². The molecule has 1 heterocycles. The van der Waals surface area contributed by atoms with Gasteiger partial charge in [-0.25, -0.2) is 0 Å². The summed E-state index contributed by atoms with van der Waals surface area (Å²) in [6.45, 7) is 9.31. The summed E-state index contributed by atoms with van der Waals surface area (Å²) >= 11 is 0. The van der Waals surface area contributed by atoms with E-state index in [2.05, 4.69) is 25.7 Å². The first-order chi connectivity index (χ1) is 5.58. The SMILES string of the molecule is CCCCN1CC(O)(C(C)C)C1. The van der Waals surface area contributed by atoms with Gasteiger partial charge in [-0.2, -0.15) is 0 Å². The van der Waals surface area contributed by atoms with Gasteiger partial charge in [0, 0.05) is 13.1 Å². The minimum atomic E-state index is -0.381. The normalized spacial score (nSPS) is 22.8. The number of aliphatic hydroxyl groups is 1. The maximum Gasteiger partial charge on any atom is 0.0922 e. The highest BCUT2D eigenvalue weighted by molar-refractivity contribution is 4.97. The molecule has 0 atom stereocenters. The molecular weight excluding hydrogens is 150 g/mol. The van der Waals surface area contributed by atoms with Crippen molar-refractivity contribution in [2.75, 3.05) is 19.6 Å². The number of likely N-dealkylation sites (tertiary alicyclic amines) is 1. The lowest BCUT2D eigenvalue weighted by Crippen LogP contribution is -2.64. The molecule has 0 unspecified atom stereocenters. The zero-order valence-electron chi connectivity index (χ0n) is 8.51. The molecule has 1 fully saturated rings. The van der Waals surface area contributed by atoms with Gasteiger partial charge in [0.25, 0.3) is 0 Å². The Hall–Kier alpha value is -0.0800. The number of hydrogen-bond acceptors (Lipinski definition) is 2. The van der Waals surface area contributed by atoms with Crippen molar-refractivity contribution >= 4 is 0 Å². The third-order valence-corrected chi connectivity index (χ3v) is 2.90. The predicted octanol–water partition coefficient (Wildman–Crippen LogP) is 1.49. The van der Waals surface area contributed by atoms with Crippen LogP contribution in [0.4, 0.5) is 0 Å². The lowest BCUT2D eigenvalue weighted by atomic mass is 9.83. The second-order valence-corrected chi connectivity index (χ2v) is 4.32. The van der Waals surface area contributed by atoms with Gasteiger partial charge in [0.05, 0.1) is 5.60 Å². The van der Waals surface area contributed by atoms with Gasteiger partial charge in [-0.3, -0.25) is 4.90 Å². The van der Waals surface area contributed by atoms with Crippen molar-refractivity contribution in [1.29, 1.82) is 0 Å². The van der Waals surface area contributed by atoms with Gasteiger partial charge in [0.1, 0.15) is 0 Å². The molecular formula is C10H21NO. The Morgan fingerprint density at radius 2 is 2.00 bits per heavy atom. The van der Waals surface area contributed by atoms with Crippen molar-refractivity contribution in [2.45, 2.75) is 39.2 Å². The van der Waals surface area contributed by atoms with E-state index in [1.165, 1.54) is 12.8 Å². The molecule has 0 spiro atoms. The van der Waals surface area contributed by atoms with Crippen LogP contribution in [0.1, 0.15) is 33.6 Å². The fourth-order valence-corrected chi connectivity index (χ4v) is 1.63. The molecule has 1 aliphatic rings. The van der Waals surface area contributed by atoms with E-state index in [-0.39, 0.29) is 5.60 Å². The van der Waals surface area contributed by atoms with E-state index < -0.39 is 0 Å².